The van der Waals surface area contributed by atoms with Crippen molar-refractivity contribution in [1.82, 2.24) is 10.2 Å². The fraction of sp³-hybridized carbons (Fsp3) is 0.556. The largest absolute Gasteiger partial charge is 0.466 e. The number of carbonyl (C=O) groups excluding carboxylic acids is 1. The predicted molar refractivity (Wildman–Crippen MR) is 48.9 cm³/mol. The first-order chi connectivity index (χ1) is 8.18. The van der Waals surface area contributed by atoms with Crippen LogP contribution in [-0.4, -0.2) is 28.9 Å². The molecule has 0 unspecified atom stereocenters. The van der Waals surface area contributed by atoms with Crippen LogP contribution in [0.2, 0.25) is 0 Å². The maximum Gasteiger partial charge on any atom is 0.459 e. The number of alkyl halides is 5. The van der Waals surface area contributed by atoms with Crippen LogP contribution in [-0.2, 0) is 21.9 Å². The van der Waals surface area contributed by atoms with Gasteiger partial charge in [-0.15, -0.1) is 0 Å². The van der Waals surface area contributed by atoms with E-state index in [1.165, 1.54) is 6.92 Å². The fourth-order valence-corrected chi connectivity index (χ4v) is 1.13. The van der Waals surface area contributed by atoms with Crippen LogP contribution >= 0.6 is 0 Å². The monoisotopic (exact) mass is 272 g/mol. The van der Waals surface area contributed by atoms with Gasteiger partial charge in [-0.3, -0.25) is 9.89 Å². The highest BCUT2D eigenvalue weighted by Crippen LogP contribution is 2.43. The Bertz CT molecular complexity index is 427. The number of hydrogen-bond donors (Lipinski definition) is 1. The van der Waals surface area contributed by atoms with Crippen LogP contribution in [0.25, 0.3) is 0 Å². The molecule has 0 radical (unpaired) electrons. The van der Waals surface area contributed by atoms with Crippen LogP contribution < -0.4 is 0 Å². The SMILES string of the molecule is CCOC(=O)Cc1cc(C(F)(F)C(F)(F)F)n[nH]1. The first-order valence-corrected chi connectivity index (χ1v) is 4.83. The number of H-pyrrole nitrogens is 1. The number of aromatic nitrogens is 2. The molecule has 1 aromatic rings. The van der Waals surface area contributed by atoms with E-state index in [-0.39, 0.29) is 12.3 Å². The Morgan fingerprint density at radius 1 is 1.39 bits per heavy atom. The van der Waals surface area contributed by atoms with E-state index in [1.807, 2.05) is 5.10 Å². The van der Waals surface area contributed by atoms with Gasteiger partial charge in [-0.2, -0.15) is 27.1 Å². The number of esters is 1. The van der Waals surface area contributed by atoms with Gasteiger partial charge in [-0.1, -0.05) is 0 Å². The van der Waals surface area contributed by atoms with Crippen molar-refractivity contribution in [2.75, 3.05) is 6.61 Å². The third kappa shape index (κ3) is 2.96. The number of halogens is 5. The highest BCUT2D eigenvalue weighted by atomic mass is 19.4. The maximum atomic E-state index is 12.8. The molecule has 1 N–H and O–H groups in total. The second-order valence-corrected chi connectivity index (χ2v) is 3.33. The third-order valence-corrected chi connectivity index (χ3v) is 1.95. The average molecular weight is 272 g/mol. The van der Waals surface area contributed by atoms with Gasteiger partial charge in [-0.25, -0.2) is 0 Å². The second kappa shape index (κ2) is 4.91. The van der Waals surface area contributed by atoms with Crippen LogP contribution in [0, 0.1) is 0 Å². The summed E-state index contributed by atoms with van der Waals surface area (Å²) < 4.78 is 66.2. The van der Waals surface area contributed by atoms with Gasteiger partial charge < -0.3 is 4.74 Å². The molecule has 102 valence electrons. The molecule has 0 atom stereocenters. The maximum absolute atomic E-state index is 12.8. The van der Waals surface area contributed by atoms with Gasteiger partial charge in [0.1, 0.15) is 5.69 Å². The summed E-state index contributed by atoms with van der Waals surface area (Å²) in [7, 11) is 0. The number of nitrogens with one attached hydrogen (secondary N) is 1. The summed E-state index contributed by atoms with van der Waals surface area (Å²) in [5.74, 6) is -5.81. The molecule has 0 aromatic carbocycles. The van der Waals surface area contributed by atoms with E-state index in [9.17, 15) is 26.7 Å². The zero-order valence-electron chi connectivity index (χ0n) is 9.15. The quantitative estimate of drug-likeness (QED) is 0.675. The van der Waals surface area contributed by atoms with Crippen LogP contribution in [0.3, 0.4) is 0 Å². The molecule has 0 aliphatic rings. The van der Waals surface area contributed by atoms with Gasteiger partial charge >= 0.3 is 18.1 Å². The lowest BCUT2D eigenvalue weighted by Crippen LogP contribution is -2.34. The van der Waals surface area contributed by atoms with Gasteiger partial charge in [0.2, 0.25) is 0 Å². The average Bonchev–Trinajstić information content (AvgIpc) is 2.65. The van der Waals surface area contributed by atoms with Crippen molar-refractivity contribution in [1.29, 1.82) is 0 Å². The summed E-state index contributed by atoms with van der Waals surface area (Å²) in [6.45, 7) is 1.62. The van der Waals surface area contributed by atoms with E-state index in [0.717, 1.165) is 0 Å². The van der Waals surface area contributed by atoms with E-state index >= 15 is 0 Å². The molecule has 1 aromatic heterocycles. The third-order valence-electron chi connectivity index (χ3n) is 1.95. The highest BCUT2D eigenvalue weighted by Gasteiger charge is 2.60. The smallest absolute Gasteiger partial charge is 0.459 e. The number of carbonyl (C=O) groups is 1. The molecule has 0 saturated carbocycles. The molecule has 9 heteroatoms. The summed E-state index contributed by atoms with van der Waals surface area (Å²) >= 11 is 0. The summed E-state index contributed by atoms with van der Waals surface area (Å²) in [4.78, 5) is 11.0. The Morgan fingerprint density at radius 3 is 2.50 bits per heavy atom. The van der Waals surface area contributed by atoms with E-state index in [2.05, 4.69) is 9.84 Å². The number of ether oxygens (including phenoxy) is 1. The molecular formula is C9H9F5N2O2. The first kappa shape index (κ1) is 14.4. The fourth-order valence-electron chi connectivity index (χ4n) is 1.13. The lowest BCUT2D eigenvalue weighted by atomic mass is 10.2. The molecule has 0 saturated heterocycles. The van der Waals surface area contributed by atoms with E-state index in [1.54, 1.807) is 0 Å². The Balaban J connectivity index is 2.84. The van der Waals surface area contributed by atoms with Gasteiger partial charge in [0.25, 0.3) is 0 Å². The zero-order valence-corrected chi connectivity index (χ0v) is 9.15. The Kier molecular flexibility index (Phi) is 3.92. The highest BCUT2D eigenvalue weighted by molar-refractivity contribution is 5.71. The van der Waals surface area contributed by atoms with Crippen molar-refractivity contribution in [3.05, 3.63) is 17.5 Å². The zero-order chi connectivity index (χ0) is 14.0. The van der Waals surface area contributed by atoms with Gasteiger partial charge in [0, 0.05) is 5.69 Å². The standard InChI is InChI=1S/C9H9F5N2O2/c1-2-18-7(17)4-5-3-6(16-15-5)8(10,11)9(12,13)14/h3H,2,4H2,1H3,(H,15,16). The topological polar surface area (TPSA) is 55.0 Å². The van der Waals surface area contributed by atoms with Crippen molar-refractivity contribution in [2.24, 2.45) is 0 Å². The molecular weight excluding hydrogens is 263 g/mol. The second-order valence-electron chi connectivity index (χ2n) is 3.33. The van der Waals surface area contributed by atoms with Crippen molar-refractivity contribution >= 4 is 5.97 Å². The van der Waals surface area contributed by atoms with Gasteiger partial charge in [0.15, 0.2) is 0 Å². The van der Waals surface area contributed by atoms with Crippen molar-refractivity contribution in [3.63, 3.8) is 0 Å². The minimum atomic E-state index is -5.73. The molecule has 0 amide bonds. The molecule has 0 spiro atoms. The van der Waals surface area contributed by atoms with E-state index in [4.69, 9.17) is 0 Å². The summed E-state index contributed by atoms with van der Waals surface area (Å²) in [5, 5.41) is 4.81. The van der Waals surface area contributed by atoms with Crippen molar-refractivity contribution in [3.8, 4) is 0 Å². The van der Waals surface area contributed by atoms with E-state index in [0.29, 0.717) is 6.07 Å². The molecule has 1 heterocycles. The van der Waals surface area contributed by atoms with Crippen molar-refractivity contribution in [2.45, 2.75) is 25.4 Å². The summed E-state index contributed by atoms with van der Waals surface area (Å²) in [5.41, 5.74) is -1.65. The molecule has 0 fully saturated rings. The Morgan fingerprint density at radius 2 is 2.00 bits per heavy atom. The van der Waals surface area contributed by atoms with Gasteiger partial charge in [0.05, 0.1) is 13.0 Å². The van der Waals surface area contributed by atoms with Crippen LogP contribution in [0.5, 0.6) is 0 Å². The lowest BCUT2D eigenvalue weighted by molar-refractivity contribution is -0.290. The lowest BCUT2D eigenvalue weighted by Gasteiger charge is -2.16. The number of hydrogen-bond acceptors (Lipinski definition) is 3. The van der Waals surface area contributed by atoms with Crippen LogP contribution in [0.1, 0.15) is 18.3 Å². The number of rotatable bonds is 4. The molecule has 0 aliphatic carbocycles. The molecule has 4 nitrogen and oxygen atoms in total. The Hall–Kier alpha value is -1.67. The van der Waals surface area contributed by atoms with Gasteiger partial charge in [-0.05, 0) is 13.0 Å². The number of nitrogens with zero attached hydrogens (tertiary/aromatic N) is 1. The summed E-state index contributed by atoms with van der Waals surface area (Å²) in [6.07, 6.45) is -6.18. The predicted octanol–water partition coefficient (Wildman–Crippen LogP) is 2.17. The molecule has 1 rings (SSSR count). The van der Waals surface area contributed by atoms with Crippen LogP contribution in [0.15, 0.2) is 6.07 Å². The minimum absolute atomic E-state index is 0.0819. The summed E-state index contributed by atoms with van der Waals surface area (Å²) in [6, 6.07) is 0.490. The van der Waals surface area contributed by atoms with Crippen LogP contribution in [0.4, 0.5) is 22.0 Å². The number of aromatic amines is 1. The Labute approximate surface area is 98.1 Å². The first-order valence-electron chi connectivity index (χ1n) is 4.83. The minimum Gasteiger partial charge on any atom is -0.466 e. The van der Waals surface area contributed by atoms with Crippen molar-refractivity contribution < 1.29 is 31.5 Å². The molecule has 0 aliphatic heterocycles. The molecule has 18 heavy (non-hydrogen) atoms. The van der Waals surface area contributed by atoms with E-state index < -0.39 is 30.2 Å². The molecule has 0 bridgehead atoms. The normalized spacial score (nSPS) is 12.6.